The van der Waals surface area contributed by atoms with Crippen LogP contribution in [0.25, 0.3) is 0 Å². The van der Waals surface area contributed by atoms with Crippen molar-refractivity contribution >= 4 is 38.9 Å². The molecule has 1 heterocycles. The van der Waals surface area contributed by atoms with Crippen LogP contribution >= 0.6 is 38.9 Å². The van der Waals surface area contributed by atoms with E-state index in [1.165, 1.54) is 0 Å². The van der Waals surface area contributed by atoms with E-state index >= 15 is 0 Å². The van der Waals surface area contributed by atoms with E-state index in [-0.39, 0.29) is 6.04 Å². The number of benzene rings is 1. The Kier molecular flexibility index (Phi) is 3.97. The van der Waals surface area contributed by atoms with Gasteiger partial charge in [-0.1, -0.05) is 17.7 Å². The van der Waals surface area contributed by atoms with Crippen LogP contribution in [0, 0.1) is 0 Å². The lowest BCUT2D eigenvalue weighted by Gasteiger charge is -2.11. The standard InChI is InChI=1S/C11H10BrClN2S/c12-8-5-7(1-2-9(8)13)10(14)6-11-15-3-4-16-11/h1-5,10H,6,14H2. The molecule has 0 aliphatic rings. The molecule has 16 heavy (non-hydrogen) atoms. The van der Waals surface area contributed by atoms with Gasteiger partial charge in [-0.15, -0.1) is 11.3 Å². The van der Waals surface area contributed by atoms with Crippen molar-refractivity contribution in [3.63, 3.8) is 0 Å². The molecule has 0 aliphatic heterocycles. The first-order chi connectivity index (χ1) is 7.66. The van der Waals surface area contributed by atoms with Gasteiger partial charge in [-0.3, -0.25) is 0 Å². The van der Waals surface area contributed by atoms with Crippen molar-refractivity contribution in [2.75, 3.05) is 0 Å². The van der Waals surface area contributed by atoms with Gasteiger partial charge in [-0.05, 0) is 33.6 Å². The number of hydrogen-bond acceptors (Lipinski definition) is 3. The average molecular weight is 318 g/mol. The fourth-order valence-corrected chi connectivity index (χ4v) is 2.59. The Morgan fingerprint density at radius 1 is 1.50 bits per heavy atom. The summed E-state index contributed by atoms with van der Waals surface area (Å²) >= 11 is 10.9. The molecule has 1 aromatic heterocycles. The van der Waals surface area contributed by atoms with Gasteiger partial charge in [0.1, 0.15) is 0 Å². The van der Waals surface area contributed by atoms with E-state index in [0.717, 1.165) is 21.5 Å². The van der Waals surface area contributed by atoms with Gasteiger partial charge in [0.05, 0.1) is 10.0 Å². The quantitative estimate of drug-likeness (QED) is 0.935. The zero-order chi connectivity index (χ0) is 11.5. The number of thiazole rings is 1. The molecule has 2 nitrogen and oxygen atoms in total. The fraction of sp³-hybridized carbons (Fsp3) is 0.182. The summed E-state index contributed by atoms with van der Waals surface area (Å²) in [6.45, 7) is 0. The average Bonchev–Trinajstić information content (AvgIpc) is 2.74. The topological polar surface area (TPSA) is 38.9 Å². The summed E-state index contributed by atoms with van der Waals surface area (Å²) in [6.07, 6.45) is 2.55. The summed E-state index contributed by atoms with van der Waals surface area (Å²) in [5, 5.41) is 3.71. The van der Waals surface area contributed by atoms with Crippen LogP contribution in [-0.2, 0) is 6.42 Å². The molecule has 5 heteroatoms. The maximum absolute atomic E-state index is 6.11. The molecule has 0 radical (unpaired) electrons. The molecule has 0 aliphatic carbocycles. The predicted octanol–water partition coefficient (Wildman–Crippen LogP) is 3.80. The molecule has 0 fully saturated rings. The van der Waals surface area contributed by atoms with Crippen LogP contribution in [0.3, 0.4) is 0 Å². The predicted molar refractivity (Wildman–Crippen MR) is 71.9 cm³/mol. The molecule has 0 saturated heterocycles. The second kappa shape index (κ2) is 5.27. The van der Waals surface area contributed by atoms with Crippen molar-refractivity contribution in [2.24, 2.45) is 5.73 Å². The first-order valence-corrected chi connectivity index (χ1v) is 6.81. The second-order valence-corrected chi connectivity index (χ2v) is 5.65. The van der Waals surface area contributed by atoms with Crippen molar-refractivity contribution < 1.29 is 0 Å². The van der Waals surface area contributed by atoms with Crippen LogP contribution in [-0.4, -0.2) is 4.98 Å². The number of nitrogens with two attached hydrogens (primary N) is 1. The summed E-state index contributed by atoms with van der Waals surface area (Å²) < 4.78 is 0.876. The Labute approximate surface area is 112 Å². The Hall–Kier alpha value is -0.420. The highest BCUT2D eigenvalue weighted by molar-refractivity contribution is 9.10. The molecule has 1 unspecified atom stereocenters. The van der Waals surface area contributed by atoms with Gasteiger partial charge in [-0.2, -0.15) is 0 Å². The van der Waals surface area contributed by atoms with Crippen LogP contribution in [0.2, 0.25) is 5.02 Å². The number of hydrogen-bond donors (Lipinski definition) is 1. The molecule has 2 aromatic rings. The highest BCUT2D eigenvalue weighted by Gasteiger charge is 2.10. The van der Waals surface area contributed by atoms with Crippen molar-refractivity contribution in [1.29, 1.82) is 0 Å². The van der Waals surface area contributed by atoms with Gasteiger partial charge < -0.3 is 5.73 Å². The zero-order valence-corrected chi connectivity index (χ0v) is 11.5. The van der Waals surface area contributed by atoms with Gasteiger partial charge in [0.2, 0.25) is 0 Å². The number of halogens is 2. The summed E-state index contributed by atoms with van der Waals surface area (Å²) in [7, 11) is 0. The van der Waals surface area contributed by atoms with Crippen molar-refractivity contribution in [3.8, 4) is 0 Å². The summed E-state index contributed by atoms with van der Waals surface area (Å²) in [5.74, 6) is 0. The first kappa shape index (κ1) is 12.0. The van der Waals surface area contributed by atoms with Gasteiger partial charge in [0, 0.05) is 28.5 Å². The summed E-state index contributed by atoms with van der Waals surface area (Å²) in [5.41, 5.74) is 7.17. The molecule has 1 atom stereocenters. The molecule has 0 bridgehead atoms. The molecule has 2 rings (SSSR count). The summed E-state index contributed by atoms with van der Waals surface area (Å²) in [6, 6.07) is 5.72. The Morgan fingerprint density at radius 3 is 2.94 bits per heavy atom. The van der Waals surface area contributed by atoms with Crippen molar-refractivity contribution in [3.05, 3.63) is 49.8 Å². The monoisotopic (exact) mass is 316 g/mol. The molecular formula is C11H10BrClN2S. The number of aromatic nitrogens is 1. The van der Waals surface area contributed by atoms with Crippen LogP contribution in [0.1, 0.15) is 16.6 Å². The van der Waals surface area contributed by atoms with E-state index in [9.17, 15) is 0 Å². The largest absolute Gasteiger partial charge is 0.324 e. The first-order valence-electron chi connectivity index (χ1n) is 4.75. The maximum atomic E-state index is 6.11. The van der Waals surface area contributed by atoms with E-state index in [4.69, 9.17) is 17.3 Å². The van der Waals surface area contributed by atoms with Crippen LogP contribution in [0.15, 0.2) is 34.2 Å². The molecule has 0 spiro atoms. The highest BCUT2D eigenvalue weighted by atomic mass is 79.9. The molecule has 0 amide bonds. The van der Waals surface area contributed by atoms with E-state index in [1.807, 2.05) is 23.6 Å². The molecular weight excluding hydrogens is 308 g/mol. The van der Waals surface area contributed by atoms with Gasteiger partial charge in [-0.25, -0.2) is 4.98 Å². The van der Waals surface area contributed by atoms with Crippen LogP contribution in [0.5, 0.6) is 0 Å². The lowest BCUT2D eigenvalue weighted by Crippen LogP contribution is -2.13. The van der Waals surface area contributed by atoms with Gasteiger partial charge >= 0.3 is 0 Å². The zero-order valence-electron chi connectivity index (χ0n) is 8.36. The number of nitrogens with zero attached hydrogens (tertiary/aromatic N) is 1. The minimum Gasteiger partial charge on any atom is -0.324 e. The third-order valence-electron chi connectivity index (χ3n) is 2.25. The number of rotatable bonds is 3. The summed E-state index contributed by atoms with van der Waals surface area (Å²) in [4.78, 5) is 4.22. The normalized spacial score (nSPS) is 12.7. The van der Waals surface area contributed by atoms with Crippen molar-refractivity contribution in [2.45, 2.75) is 12.5 Å². The van der Waals surface area contributed by atoms with E-state index < -0.39 is 0 Å². The third-order valence-corrected chi connectivity index (χ3v) is 4.27. The SMILES string of the molecule is NC(Cc1nccs1)c1ccc(Cl)c(Br)c1. The Balaban J connectivity index is 2.14. The molecule has 1 aromatic carbocycles. The lowest BCUT2D eigenvalue weighted by molar-refractivity contribution is 0.717. The van der Waals surface area contributed by atoms with Gasteiger partial charge in [0.25, 0.3) is 0 Å². The second-order valence-electron chi connectivity index (χ2n) is 3.41. The minimum absolute atomic E-state index is 0.0419. The fourth-order valence-electron chi connectivity index (χ4n) is 1.40. The van der Waals surface area contributed by atoms with Crippen LogP contribution in [0.4, 0.5) is 0 Å². The van der Waals surface area contributed by atoms with Gasteiger partial charge in [0.15, 0.2) is 0 Å². The third kappa shape index (κ3) is 2.83. The highest BCUT2D eigenvalue weighted by Crippen LogP contribution is 2.26. The van der Waals surface area contributed by atoms with E-state index in [0.29, 0.717) is 5.02 Å². The molecule has 2 N–H and O–H groups in total. The van der Waals surface area contributed by atoms with Crippen molar-refractivity contribution in [1.82, 2.24) is 4.98 Å². The molecule has 84 valence electrons. The Bertz CT molecular complexity index is 473. The minimum atomic E-state index is -0.0419. The lowest BCUT2D eigenvalue weighted by atomic mass is 10.1. The van der Waals surface area contributed by atoms with Crippen LogP contribution < -0.4 is 5.73 Å². The van der Waals surface area contributed by atoms with E-state index in [2.05, 4.69) is 20.9 Å². The Morgan fingerprint density at radius 2 is 2.31 bits per heavy atom. The molecule has 0 saturated carbocycles. The smallest absolute Gasteiger partial charge is 0.0943 e. The maximum Gasteiger partial charge on any atom is 0.0943 e. The van der Waals surface area contributed by atoms with E-state index in [1.54, 1.807) is 17.5 Å².